The molecule has 1 amide bonds. The second-order valence-corrected chi connectivity index (χ2v) is 6.79. The number of hydrogen-bond donors (Lipinski definition) is 2. The van der Waals surface area contributed by atoms with Gasteiger partial charge in [-0.2, -0.15) is 0 Å². The normalized spacial score (nSPS) is 15.4. The third kappa shape index (κ3) is 3.71. The summed E-state index contributed by atoms with van der Waals surface area (Å²) in [4.78, 5) is 16.5. The van der Waals surface area contributed by atoms with E-state index >= 15 is 0 Å². The van der Waals surface area contributed by atoms with Gasteiger partial charge in [-0.3, -0.25) is 4.79 Å². The Kier molecular flexibility index (Phi) is 5.07. The molecule has 5 heteroatoms. The number of nitrogens with zero attached hydrogens (tertiary/aromatic N) is 1. The molecule has 2 aromatic carbocycles. The van der Waals surface area contributed by atoms with E-state index in [-0.39, 0.29) is 5.91 Å². The van der Waals surface area contributed by atoms with Gasteiger partial charge in [-0.1, -0.05) is 29.8 Å². The fourth-order valence-electron chi connectivity index (χ4n) is 2.91. The summed E-state index contributed by atoms with van der Waals surface area (Å²) in [7, 11) is 2.21. The van der Waals surface area contributed by atoms with Crippen molar-refractivity contribution in [2.24, 2.45) is 0 Å². The van der Waals surface area contributed by atoms with Crippen molar-refractivity contribution in [3.8, 4) is 0 Å². The van der Waals surface area contributed by atoms with Gasteiger partial charge in [0.1, 0.15) is 0 Å². The number of nitrogens with one attached hydrogen (secondary N) is 2. The van der Waals surface area contributed by atoms with Crippen molar-refractivity contribution in [2.45, 2.75) is 6.92 Å². The molecule has 1 aliphatic heterocycles. The minimum atomic E-state index is -0.135. The lowest BCUT2D eigenvalue weighted by Gasteiger charge is -2.33. The molecule has 2 aromatic rings. The number of likely N-dealkylation sites (N-methyl/N-ethyl adjacent to an activating group) is 1. The number of rotatable bonds is 3. The molecule has 0 saturated carbocycles. The number of para-hydroxylation sites is 2. The first-order valence-electron chi connectivity index (χ1n) is 8.27. The predicted octanol–water partition coefficient (Wildman–Crippen LogP) is 2.24. The third-order valence-electron chi connectivity index (χ3n) is 4.54. The van der Waals surface area contributed by atoms with Gasteiger partial charge in [0.2, 0.25) is 0 Å². The van der Waals surface area contributed by atoms with E-state index in [0.717, 1.165) is 43.1 Å². The number of quaternary nitrogens is 1. The van der Waals surface area contributed by atoms with E-state index < -0.39 is 0 Å². The average molecular weight is 345 g/mol. The van der Waals surface area contributed by atoms with Crippen LogP contribution in [0.1, 0.15) is 15.9 Å². The van der Waals surface area contributed by atoms with Crippen molar-refractivity contribution in [1.29, 1.82) is 0 Å². The summed E-state index contributed by atoms with van der Waals surface area (Å²) in [5, 5.41) is 3.65. The van der Waals surface area contributed by atoms with Crippen LogP contribution in [0.2, 0.25) is 5.02 Å². The summed E-state index contributed by atoms with van der Waals surface area (Å²) in [5.41, 5.74) is 3.46. The first kappa shape index (κ1) is 16.8. The van der Waals surface area contributed by atoms with Gasteiger partial charge in [0.05, 0.1) is 44.6 Å². The molecule has 4 nitrogen and oxygen atoms in total. The summed E-state index contributed by atoms with van der Waals surface area (Å²) in [6.07, 6.45) is 0. The van der Waals surface area contributed by atoms with Crippen LogP contribution in [0.15, 0.2) is 42.5 Å². The highest BCUT2D eigenvalue weighted by Gasteiger charge is 2.20. The van der Waals surface area contributed by atoms with Crippen LogP contribution in [0.5, 0.6) is 0 Å². The second kappa shape index (κ2) is 7.24. The maximum absolute atomic E-state index is 12.6. The number of carbonyl (C=O) groups is 1. The van der Waals surface area contributed by atoms with Gasteiger partial charge in [-0.05, 0) is 36.8 Å². The van der Waals surface area contributed by atoms with Crippen molar-refractivity contribution in [3.63, 3.8) is 0 Å². The summed E-state index contributed by atoms with van der Waals surface area (Å²) >= 11 is 6.14. The zero-order valence-electron chi connectivity index (χ0n) is 14.1. The van der Waals surface area contributed by atoms with E-state index in [9.17, 15) is 4.79 Å². The number of carbonyl (C=O) groups excluding carboxylic acids is 1. The lowest BCUT2D eigenvalue weighted by atomic mass is 10.1. The van der Waals surface area contributed by atoms with Crippen LogP contribution < -0.4 is 15.1 Å². The Morgan fingerprint density at radius 3 is 2.58 bits per heavy atom. The van der Waals surface area contributed by atoms with Crippen molar-refractivity contribution < 1.29 is 9.69 Å². The van der Waals surface area contributed by atoms with E-state index in [1.807, 2.05) is 31.2 Å². The van der Waals surface area contributed by atoms with E-state index in [1.54, 1.807) is 17.0 Å². The molecule has 1 saturated heterocycles. The zero-order valence-corrected chi connectivity index (χ0v) is 14.9. The smallest absolute Gasteiger partial charge is 0.255 e. The van der Waals surface area contributed by atoms with Crippen LogP contribution in [-0.4, -0.2) is 39.1 Å². The molecular weight excluding hydrogens is 322 g/mol. The molecule has 0 spiro atoms. The maximum atomic E-state index is 12.6. The van der Waals surface area contributed by atoms with Crippen LogP contribution in [0.4, 0.5) is 11.4 Å². The van der Waals surface area contributed by atoms with Gasteiger partial charge in [0.25, 0.3) is 5.91 Å². The molecule has 126 valence electrons. The molecule has 0 atom stereocenters. The summed E-state index contributed by atoms with van der Waals surface area (Å²) in [6.45, 7) is 6.13. The van der Waals surface area contributed by atoms with Crippen molar-refractivity contribution >= 4 is 28.9 Å². The molecule has 3 rings (SSSR count). The molecule has 1 aliphatic rings. The Labute approximate surface area is 148 Å². The molecule has 0 radical (unpaired) electrons. The SMILES string of the molecule is Cc1ccc(C(=O)Nc2ccccc2N2CC[NH+](C)CC2)cc1Cl. The quantitative estimate of drug-likeness (QED) is 0.896. The van der Waals surface area contributed by atoms with Crippen LogP contribution in [0, 0.1) is 6.92 Å². The third-order valence-corrected chi connectivity index (χ3v) is 4.95. The topological polar surface area (TPSA) is 36.8 Å². The molecular formula is C19H23ClN3O+. The van der Waals surface area contributed by atoms with Gasteiger partial charge >= 0.3 is 0 Å². The van der Waals surface area contributed by atoms with Gasteiger partial charge in [-0.15, -0.1) is 0 Å². The fraction of sp³-hybridized carbons (Fsp3) is 0.316. The van der Waals surface area contributed by atoms with Crippen LogP contribution in [0.25, 0.3) is 0 Å². The van der Waals surface area contributed by atoms with E-state index in [2.05, 4.69) is 23.3 Å². The molecule has 0 bridgehead atoms. The van der Waals surface area contributed by atoms with Gasteiger partial charge in [0.15, 0.2) is 0 Å². The number of amides is 1. The van der Waals surface area contributed by atoms with Crippen molar-refractivity contribution in [1.82, 2.24) is 0 Å². The largest absolute Gasteiger partial charge is 0.359 e. The number of halogens is 1. The minimum absolute atomic E-state index is 0.135. The van der Waals surface area contributed by atoms with Crippen LogP contribution in [-0.2, 0) is 0 Å². The molecule has 0 aliphatic carbocycles. The van der Waals surface area contributed by atoms with E-state index in [4.69, 9.17) is 11.6 Å². The average Bonchev–Trinajstić information content (AvgIpc) is 2.58. The highest BCUT2D eigenvalue weighted by Crippen LogP contribution is 2.26. The number of hydrogen-bond acceptors (Lipinski definition) is 2. The Morgan fingerprint density at radius 1 is 1.17 bits per heavy atom. The van der Waals surface area contributed by atoms with Crippen molar-refractivity contribution in [2.75, 3.05) is 43.4 Å². The zero-order chi connectivity index (χ0) is 17.1. The maximum Gasteiger partial charge on any atom is 0.255 e. The molecule has 0 aromatic heterocycles. The minimum Gasteiger partial charge on any atom is -0.359 e. The Hall–Kier alpha value is -2.04. The van der Waals surface area contributed by atoms with Crippen molar-refractivity contribution in [3.05, 3.63) is 58.6 Å². The monoisotopic (exact) mass is 344 g/mol. The lowest BCUT2D eigenvalue weighted by Crippen LogP contribution is -3.12. The first-order valence-corrected chi connectivity index (χ1v) is 8.65. The fourth-order valence-corrected chi connectivity index (χ4v) is 3.09. The highest BCUT2D eigenvalue weighted by atomic mass is 35.5. The molecule has 24 heavy (non-hydrogen) atoms. The number of aryl methyl sites for hydroxylation is 1. The molecule has 1 heterocycles. The number of benzene rings is 2. The lowest BCUT2D eigenvalue weighted by molar-refractivity contribution is -0.880. The second-order valence-electron chi connectivity index (χ2n) is 6.38. The Morgan fingerprint density at radius 2 is 1.88 bits per heavy atom. The van der Waals surface area contributed by atoms with E-state index in [1.165, 1.54) is 0 Å². The van der Waals surface area contributed by atoms with Gasteiger partial charge in [0, 0.05) is 10.6 Å². The number of anilines is 2. The molecule has 0 unspecified atom stereocenters. The van der Waals surface area contributed by atoms with Gasteiger partial charge < -0.3 is 15.1 Å². The predicted molar refractivity (Wildman–Crippen MR) is 99.4 cm³/mol. The van der Waals surface area contributed by atoms with Gasteiger partial charge in [-0.25, -0.2) is 0 Å². The summed E-state index contributed by atoms with van der Waals surface area (Å²) < 4.78 is 0. The molecule has 1 fully saturated rings. The number of piperazine rings is 1. The standard InChI is InChI=1S/C19H22ClN3O/c1-14-7-8-15(13-16(14)20)19(24)21-17-5-3-4-6-18(17)23-11-9-22(2)10-12-23/h3-8,13H,9-12H2,1-2H3,(H,21,24)/p+1. The summed E-state index contributed by atoms with van der Waals surface area (Å²) in [5.74, 6) is -0.135. The van der Waals surface area contributed by atoms with Crippen LogP contribution in [0.3, 0.4) is 0 Å². The van der Waals surface area contributed by atoms with Crippen LogP contribution >= 0.6 is 11.6 Å². The van der Waals surface area contributed by atoms with E-state index in [0.29, 0.717) is 10.6 Å². The molecule has 2 N–H and O–H groups in total. The first-order chi connectivity index (χ1) is 11.5. The Bertz CT molecular complexity index is 739. The Balaban J connectivity index is 1.80. The highest BCUT2D eigenvalue weighted by molar-refractivity contribution is 6.31. The summed E-state index contributed by atoms with van der Waals surface area (Å²) in [6, 6.07) is 13.4.